The summed E-state index contributed by atoms with van der Waals surface area (Å²) in [4.78, 5) is 7.95. The van der Waals surface area contributed by atoms with Gasteiger partial charge in [0.2, 0.25) is 0 Å². The second-order valence-corrected chi connectivity index (χ2v) is 4.71. The Bertz CT molecular complexity index is 403. The lowest BCUT2D eigenvalue weighted by atomic mass is 10.3. The maximum absolute atomic E-state index is 13.6. The summed E-state index contributed by atoms with van der Waals surface area (Å²) in [5, 5.41) is 0. The van der Waals surface area contributed by atoms with Crippen molar-refractivity contribution in [3.05, 3.63) is 23.9 Å². The molecule has 6 heteroatoms. The highest BCUT2D eigenvalue weighted by Gasteiger charge is 2.18. The van der Waals surface area contributed by atoms with Crippen molar-refractivity contribution in [2.75, 3.05) is 43.5 Å². The van der Waals surface area contributed by atoms with Gasteiger partial charge < -0.3 is 9.80 Å². The molecule has 2 rings (SSSR count). The third-order valence-corrected chi connectivity index (χ3v) is 3.25. The molecule has 1 fully saturated rings. The van der Waals surface area contributed by atoms with Crippen molar-refractivity contribution < 1.29 is 8.78 Å². The molecule has 0 N–H and O–H groups in total. The molecule has 1 aliphatic heterocycles. The molecule has 100 valence electrons. The molecule has 0 spiro atoms. The first-order valence-corrected chi connectivity index (χ1v) is 6.58. The Balaban J connectivity index is 2.05. The first kappa shape index (κ1) is 13.5. The van der Waals surface area contributed by atoms with E-state index in [2.05, 4.69) is 9.88 Å². The number of pyridine rings is 1. The lowest BCUT2D eigenvalue weighted by Gasteiger charge is -2.22. The van der Waals surface area contributed by atoms with E-state index in [1.807, 2.05) is 4.90 Å². The third-order valence-electron chi connectivity index (χ3n) is 3.08. The Hall–Kier alpha value is -0.940. The monoisotopic (exact) mass is 275 g/mol. The highest BCUT2D eigenvalue weighted by Crippen LogP contribution is 2.18. The minimum absolute atomic E-state index is 0.240. The van der Waals surface area contributed by atoms with E-state index in [1.165, 1.54) is 0 Å². The topological polar surface area (TPSA) is 19.4 Å². The maximum Gasteiger partial charge on any atom is 0.168 e. The zero-order valence-electron chi connectivity index (χ0n) is 10.1. The smallest absolute Gasteiger partial charge is 0.168 e. The maximum atomic E-state index is 13.6. The summed E-state index contributed by atoms with van der Waals surface area (Å²) < 4.78 is 26.4. The summed E-state index contributed by atoms with van der Waals surface area (Å²) in [7, 11) is 0. The van der Waals surface area contributed by atoms with E-state index in [0.717, 1.165) is 44.9 Å². The Morgan fingerprint density at radius 2 is 2.06 bits per heavy atom. The van der Waals surface area contributed by atoms with Gasteiger partial charge >= 0.3 is 0 Å². The van der Waals surface area contributed by atoms with E-state index >= 15 is 0 Å². The first-order chi connectivity index (χ1) is 8.70. The summed E-state index contributed by atoms with van der Waals surface area (Å²) in [6.45, 7) is 4.03. The fraction of sp³-hybridized carbons (Fsp3) is 0.583. The van der Waals surface area contributed by atoms with Gasteiger partial charge in [0.05, 0.1) is 6.20 Å². The molecule has 0 unspecified atom stereocenters. The molecule has 1 saturated heterocycles. The number of aromatic nitrogens is 1. The second-order valence-electron chi connectivity index (χ2n) is 4.33. The Morgan fingerprint density at radius 1 is 1.22 bits per heavy atom. The molecule has 2 heterocycles. The van der Waals surface area contributed by atoms with Crippen LogP contribution in [0.1, 0.15) is 6.42 Å². The number of rotatable bonds is 3. The predicted molar refractivity (Wildman–Crippen MR) is 68.1 cm³/mol. The molecule has 1 aromatic heterocycles. The molecular weight excluding hydrogens is 260 g/mol. The first-order valence-electron chi connectivity index (χ1n) is 6.05. The molecule has 3 nitrogen and oxygen atoms in total. The van der Waals surface area contributed by atoms with Gasteiger partial charge in [0.15, 0.2) is 11.6 Å². The number of hydrogen-bond acceptors (Lipinski definition) is 3. The molecule has 1 aromatic rings. The van der Waals surface area contributed by atoms with Crippen LogP contribution in [0, 0.1) is 11.6 Å². The molecule has 0 aliphatic carbocycles. The highest BCUT2D eigenvalue weighted by molar-refractivity contribution is 6.18. The minimum atomic E-state index is -0.644. The van der Waals surface area contributed by atoms with Crippen LogP contribution >= 0.6 is 11.6 Å². The zero-order valence-corrected chi connectivity index (χ0v) is 10.8. The van der Waals surface area contributed by atoms with E-state index in [4.69, 9.17) is 11.6 Å². The number of anilines is 1. The summed E-state index contributed by atoms with van der Waals surface area (Å²) >= 11 is 5.71. The third kappa shape index (κ3) is 3.29. The SMILES string of the molecule is Fc1cnc(N2CCCN(CCCl)CC2)c(F)c1. The van der Waals surface area contributed by atoms with E-state index in [0.29, 0.717) is 12.4 Å². The van der Waals surface area contributed by atoms with Crippen LogP contribution in [0.3, 0.4) is 0 Å². The van der Waals surface area contributed by atoms with Crippen LogP contribution in [0.2, 0.25) is 0 Å². The van der Waals surface area contributed by atoms with Crippen LogP contribution in [0.4, 0.5) is 14.6 Å². The summed E-state index contributed by atoms with van der Waals surface area (Å²) in [5.41, 5.74) is 0. The van der Waals surface area contributed by atoms with E-state index < -0.39 is 11.6 Å². The fourth-order valence-electron chi connectivity index (χ4n) is 2.17. The lowest BCUT2D eigenvalue weighted by molar-refractivity contribution is 0.311. The van der Waals surface area contributed by atoms with Gasteiger partial charge in [-0.15, -0.1) is 11.6 Å². The molecule has 18 heavy (non-hydrogen) atoms. The van der Waals surface area contributed by atoms with Crippen LogP contribution in [-0.4, -0.2) is 48.5 Å². The summed E-state index contributed by atoms with van der Waals surface area (Å²) in [6.07, 6.45) is 1.98. The molecule has 0 aromatic carbocycles. The Labute approximate surface area is 110 Å². The van der Waals surface area contributed by atoms with Crippen molar-refractivity contribution in [3.63, 3.8) is 0 Å². The largest absolute Gasteiger partial charge is 0.353 e. The average Bonchev–Trinajstić information content (AvgIpc) is 2.55. The summed E-state index contributed by atoms with van der Waals surface area (Å²) in [5.74, 6) is -0.400. The van der Waals surface area contributed by atoms with Gasteiger partial charge in [-0.05, 0) is 13.0 Å². The number of nitrogens with zero attached hydrogens (tertiary/aromatic N) is 3. The van der Waals surface area contributed by atoms with Crippen LogP contribution in [0.5, 0.6) is 0 Å². The predicted octanol–water partition coefficient (Wildman–Crippen LogP) is 2.11. The van der Waals surface area contributed by atoms with Crippen molar-refractivity contribution in [1.29, 1.82) is 0 Å². The second kappa shape index (κ2) is 6.29. The van der Waals surface area contributed by atoms with Crippen LogP contribution in [-0.2, 0) is 0 Å². The van der Waals surface area contributed by atoms with Crippen LogP contribution in [0.15, 0.2) is 12.3 Å². The Kier molecular flexibility index (Phi) is 4.72. The molecule has 0 saturated carbocycles. The van der Waals surface area contributed by atoms with Gasteiger partial charge in [-0.25, -0.2) is 13.8 Å². The standard InChI is InChI=1S/C12H16ClF2N3/c13-2-5-17-3-1-4-18(7-6-17)12-11(15)8-10(14)9-16-12/h8-9H,1-7H2. The number of hydrogen-bond donors (Lipinski definition) is 0. The van der Waals surface area contributed by atoms with Crippen LogP contribution in [0.25, 0.3) is 0 Å². The van der Waals surface area contributed by atoms with Crippen LogP contribution < -0.4 is 4.90 Å². The van der Waals surface area contributed by atoms with Gasteiger partial charge in [-0.2, -0.15) is 0 Å². The van der Waals surface area contributed by atoms with Gasteiger partial charge in [0, 0.05) is 38.1 Å². The van der Waals surface area contributed by atoms with Gasteiger partial charge in [0.1, 0.15) is 5.82 Å². The summed E-state index contributed by atoms with van der Waals surface area (Å²) in [6, 6.07) is 0.879. The fourth-order valence-corrected chi connectivity index (χ4v) is 2.40. The van der Waals surface area contributed by atoms with E-state index in [9.17, 15) is 8.78 Å². The molecule has 1 aliphatic rings. The van der Waals surface area contributed by atoms with Gasteiger partial charge in [0.25, 0.3) is 0 Å². The molecule has 0 atom stereocenters. The molecule has 0 bridgehead atoms. The molecular formula is C12H16ClF2N3. The average molecular weight is 276 g/mol. The molecule has 0 radical (unpaired) electrons. The van der Waals surface area contributed by atoms with Crippen molar-refractivity contribution in [1.82, 2.24) is 9.88 Å². The highest BCUT2D eigenvalue weighted by atomic mass is 35.5. The van der Waals surface area contributed by atoms with Crippen molar-refractivity contribution in [2.45, 2.75) is 6.42 Å². The Morgan fingerprint density at radius 3 is 2.78 bits per heavy atom. The number of alkyl halides is 1. The van der Waals surface area contributed by atoms with E-state index in [1.54, 1.807) is 0 Å². The van der Waals surface area contributed by atoms with Crippen molar-refractivity contribution in [2.24, 2.45) is 0 Å². The quantitative estimate of drug-likeness (QED) is 0.788. The van der Waals surface area contributed by atoms with E-state index in [-0.39, 0.29) is 5.82 Å². The lowest BCUT2D eigenvalue weighted by Crippen LogP contribution is -2.32. The van der Waals surface area contributed by atoms with Crippen molar-refractivity contribution >= 4 is 17.4 Å². The zero-order chi connectivity index (χ0) is 13.0. The van der Waals surface area contributed by atoms with Gasteiger partial charge in [-0.1, -0.05) is 0 Å². The molecule has 0 amide bonds. The minimum Gasteiger partial charge on any atom is -0.353 e. The normalized spacial score (nSPS) is 17.8. The number of halogens is 3. The van der Waals surface area contributed by atoms with Gasteiger partial charge in [-0.3, -0.25) is 0 Å². The van der Waals surface area contributed by atoms with Crippen molar-refractivity contribution in [3.8, 4) is 0 Å².